The molecule has 0 radical (unpaired) electrons. The average molecular weight is 797 g/mol. The lowest BCUT2D eigenvalue weighted by molar-refractivity contribution is -0.125. The molecule has 3 aliphatic heterocycles. The molecule has 6 heterocycles. The van der Waals surface area contributed by atoms with Crippen molar-refractivity contribution < 1.29 is 19.5 Å². The summed E-state index contributed by atoms with van der Waals surface area (Å²) >= 11 is 0. The van der Waals surface area contributed by atoms with E-state index in [1.54, 1.807) is 48.9 Å². The number of rotatable bonds is 13. The van der Waals surface area contributed by atoms with E-state index in [1.165, 1.54) is 10.9 Å². The van der Waals surface area contributed by atoms with Crippen molar-refractivity contribution in [3.05, 3.63) is 125 Å². The molecule has 0 bridgehead atoms. The first kappa shape index (κ1) is 39.4. The molecule has 2 aromatic carbocycles. The number of pyridine rings is 1. The molecule has 3 amide bonds. The summed E-state index contributed by atoms with van der Waals surface area (Å²) in [7, 11) is 0. The van der Waals surface area contributed by atoms with Crippen molar-refractivity contribution in [3.63, 3.8) is 0 Å². The number of carbonyl (C=O) groups excluding carboxylic acids is 3. The zero-order valence-corrected chi connectivity index (χ0v) is 33.4. The molecular weight excluding hydrogens is 749 g/mol. The molecular formula is C44H48N10O5. The number of fused-ring (bicyclic) bond motifs is 2. The minimum atomic E-state index is -1.18. The van der Waals surface area contributed by atoms with E-state index >= 15 is 0 Å². The van der Waals surface area contributed by atoms with Gasteiger partial charge in [-0.1, -0.05) is 30.9 Å². The number of anilines is 3. The largest absolute Gasteiger partial charge is 0.384 e. The molecule has 2 saturated heterocycles. The summed E-state index contributed by atoms with van der Waals surface area (Å²) in [6.45, 7) is 15.7. The summed E-state index contributed by atoms with van der Waals surface area (Å²) < 4.78 is 3.13. The number of hydrogen-bond acceptors (Lipinski definition) is 11. The number of piperidine rings is 1. The Kier molecular flexibility index (Phi) is 10.7. The van der Waals surface area contributed by atoms with E-state index < -0.39 is 17.6 Å². The van der Waals surface area contributed by atoms with Crippen LogP contribution in [0.5, 0.6) is 0 Å². The van der Waals surface area contributed by atoms with Crippen LogP contribution < -0.4 is 21.1 Å². The van der Waals surface area contributed by atoms with Gasteiger partial charge in [-0.2, -0.15) is 4.98 Å². The minimum Gasteiger partial charge on any atom is -0.384 e. The van der Waals surface area contributed by atoms with E-state index in [2.05, 4.69) is 55.7 Å². The minimum absolute atomic E-state index is 0.228. The van der Waals surface area contributed by atoms with E-state index in [0.29, 0.717) is 64.6 Å². The van der Waals surface area contributed by atoms with Crippen molar-refractivity contribution >= 4 is 46.1 Å². The van der Waals surface area contributed by atoms with Gasteiger partial charge in [0.15, 0.2) is 11.5 Å². The maximum absolute atomic E-state index is 13.5. The molecule has 3 N–H and O–H groups in total. The fraction of sp³-hybridized carbons (Fsp3) is 0.341. The van der Waals surface area contributed by atoms with Gasteiger partial charge in [0.2, 0.25) is 11.9 Å². The molecule has 3 aromatic heterocycles. The Morgan fingerprint density at radius 3 is 2.44 bits per heavy atom. The summed E-state index contributed by atoms with van der Waals surface area (Å²) in [5, 5.41) is 16.9. The number of aryl methyl sites for hydroxylation is 1. The molecule has 5 aromatic rings. The topological polar surface area (TPSA) is 171 Å². The molecule has 59 heavy (non-hydrogen) atoms. The van der Waals surface area contributed by atoms with Crippen LogP contribution in [0.25, 0.3) is 16.9 Å². The fourth-order valence-electron chi connectivity index (χ4n) is 8.13. The van der Waals surface area contributed by atoms with Gasteiger partial charge in [-0.05, 0) is 101 Å². The second kappa shape index (κ2) is 16.1. The molecule has 2 fully saturated rings. The van der Waals surface area contributed by atoms with Gasteiger partial charge in [0.25, 0.3) is 17.4 Å². The van der Waals surface area contributed by atoms with Crippen LogP contribution in [0, 0.1) is 0 Å². The van der Waals surface area contributed by atoms with Crippen LogP contribution in [0.2, 0.25) is 0 Å². The zero-order chi connectivity index (χ0) is 41.4. The molecule has 304 valence electrons. The number of aromatic nitrogens is 5. The van der Waals surface area contributed by atoms with Gasteiger partial charge in [-0.15, -0.1) is 6.58 Å². The number of imide groups is 1. The Balaban J connectivity index is 0.855. The van der Waals surface area contributed by atoms with Crippen LogP contribution in [0.4, 0.5) is 17.3 Å². The normalized spacial score (nSPS) is 17.4. The van der Waals surface area contributed by atoms with Crippen molar-refractivity contribution in [1.29, 1.82) is 0 Å². The van der Waals surface area contributed by atoms with Crippen LogP contribution in [-0.4, -0.2) is 95.7 Å². The first-order valence-electron chi connectivity index (χ1n) is 20.0. The van der Waals surface area contributed by atoms with Crippen LogP contribution in [0.3, 0.4) is 0 Å². The molecule has 15 nitrogen and oxygen atoms in total. The van der Waals surface area contributed by atoms with Crippen molar-refractivity contribution in [1.82, 2.24) is 39.4 Å². The monoisotopic (exact) mass is 796 g/mol. The highest BCUT2D eigenvalue weighted by atomic mass is 16.3. The van der Waals surface area contributed by atoms with Crippen molar-refractivity contribution in [2.75, 3.05) is 42.9 Å². The fourth-order valence-corrected chi connectivity index (χ4v) is 8.13. The van der Waals surface area contributed by atoms with E-state index in [1.807, 2.05) is 24.3 Å². The Morgan fingerprint density at radius 2 is 1.71 bits per heavy atom. The first-order chi connectivity index (χ1) is 28.4. The highest BCUT2D eigenvalue weighted by Crippen LogP contribution is 2.32. The predicted molar refractivity (Wildman–Crippen MR) is 225 cm³/mol. The maximum atomic E-state index is 13.5. The van der Waals surface area contributed by atoms with Gasteiger partial charge < -0.3 is 20.6 Å². The Labute approximate surface area is 341 Å². The van der Waals surface area contributed by atoms with Crippen LogP contribution in [-0.2, 0) is 23.4 Å². The quantitative estimate of drug-likeness (QED) is 0.0860. The van der Waals surface area contributed by atoms with Crippen LogP contribution in [0.1, 0.15) is 71.5 Å². The number of aliphatic hydroxyl groups is 1. The van der Waals surface area contributed by atoms with E-state index in [0.717, 1.165) is 67.4 Å². The number of allylic oxidation sites excluding steroid dienone is 2. The first-order valence-corrected chi connectivity index (χ1v) is 20.0. The number of piperazine rings is 1. The van der Waals surface area contributed by atoms with Crippen LogP contribution >= 0.6 is 0 Å². The number of hydrogen-bond donors (Lipinski definition) is 3. The number of benzene rings is 2. The van der Waals surface area contributed by atoms with Gasteiger partial charge >= 0.3 is 0 Å². The van der Waals surface area contributed by atoms with Gasteiger partial charge in [-0.3, -0.25) is 29.0 Å². The van der Waals surface area contributed by atoms with Crippen LogP contribution in [0.15, 0.2) is 96.6 Å². The molecule has 3 aliphatic rings. The lowest BCUT2D eigenvalue weighted by Gasteiger charge is -2.36. The van der Waals surface area contributed by atoms with E-state index in [9.17, 15) is 24.3 Å². The highest BCUT2D eigenvalue weighted by molar-refractivity contribution is 6.23. The number of nitrogens with zero attached hydrogens (tertiary/aromatic N) is 8. The standard InChI is InChI=1S/C44H48N10O5/c1-5-21-52-40(56)33-27-45-43(49-38(33)54(52)36-14-9-13-35(48-36)44(3,4)59)47-30-16-18-31(19-17-30)51-25-23-50(24-26-51)22-7-6-10-29-11-8-12-32-37(29)42(58)53(41(32)57)34-20-15-28(2)46-39(34)55/h5,8-9,11-14,16-19,27,34,59H,1-2,6-7,10,15,20-26H2,3-4H3,(H,46,55)(H,45,47,49). The SMILES string of the molecule is C=CCn1c(=O)c2cnc(Nc3ccc(N4CCN(CCCCc5cccc6c5C(=O)N(C5CCC(=C)NC5=O)C6=O)CC4)cc3)nc2n1-c1cccc(C(C)(C)O)n1. The Hall–Kier alpha value is -6.45. The van der Waals surface area contributed by atoms with Gasteiger partial charge in [0.05, 0.1) is 23.4 Å². The second-order valence-electron chi connectivity index (χ2n) is 15.8. The third kappa shape index (κ3) is 7.78. The summed E-state index contributed by atoms with van der Waals surface area (Å²) in [4.78, 5) is 72.6. The average Bonchev–Trinajstić information content (AvgIpc) is 3.64. The molecule has 8 rings (SSSR count). The molecule has 15 heteroatoms. The summed E-state index contributed by atoms with van der Waals surface area (Å²) in [6.07, 6.45) is 6.57. The summed E-state index contributed by atoms with van der Waals surface area (Å²) in [6, 6.07) is 18.0. The molecule has 0 aliphatic carbocycles. The van der Waals surface area contributed by atoms with Gasteiger partial charge in [-0.25, -0.2) is 19.3 Å². The molecule has 0 saturated carbocycles. The zero-order valence-electron chi connectivity index (χ0n) is 33.4. The van der Waals surface area contributed by atoms with Gasteiger partial charge in [0, 0.05) is 49.4 Å². The van der Waals surface area contributed by atoms with E-state index in [-0.39, 0.29) is 23.9 Å². The third-order valence-electron chi connectivity index (χ3n) is 11.3. The number of nitrogens with one attached hydrogen (secondary N) is 2. The summed E-state index contributed by atoms with van der Waals surface area (Å²) in [5.41, 5.74) is 3.57. The maximum Gasteiger partial charge on any atom is 0.278 e. The highest BCUT2D eigenvalue weighted by Gasteiger charge is 2.44. The number of unbranched alkanes of at least 4 members (excludes halogenated alkanes) is 1. The Morgan fingerprint density at radius 1 is 0.949 bits per heavy atom. The van der Waals surface area contributed by atoms with Crippen molar-refractivity contribution in [2.24, 2.45) is 0 Å². The van der Waals surface area contributed by atoms with Crippen molar-refractivity contribution in [2.45, 2.75) is 64.1 Å². The summed E-state index contributed by atoms with van der Waals surface area (Å²) in [5.74, 6) is -0.381. The molecule has 1 unspecified atom stereocenters. The molecule has 0 spiro atoms. The number of amides is 3. The number of carbonyl (C=O) groups is 3. The molecule has 1 atom stereocenters. The second-order valence-corrected chi connectivity index (χ2v) is 15.8. The third-order valence-corrected chi connectivity index (χ3v) is 11.3. The van der Waals surface area contributed by atoms with Crippen molar-refractivity contribution in [3.8, 4) is 5.82 Å². The Bertz CT molecular complexity index is 2530. The van der Waals surface area contributed by atoms with Gasteiger partial charge in [0.1, 0.15) is 17.0 Å². The lowest BCUT2D eigenvalue weighted by Crippen LogP contribution is -2.51. The lowest BCUT2D eigenvalue weighted by atomic mass is 9.98. The van der Waals surface area contributed by atoms with E-state index in [4.69, 9.17) is 4.98 Å². The smallest absolute Gasteiger partial charge is 0.278 e. The predicted octanol–water partition coefficient (Wildman–Crippen LogP) is 4.67.